The zero-order valence-corrected chi connectivity index (χ0v) is 20.0. The van der Waals surface area contributed by atoms with Crippen molar-refractivity contribution in [2.45, 2.75) is 6.42 Å². The van der Waals surface area contributed by atoms with Crippen LogP contribution in [0.3, 0.4) is 0 Å². The summed E-state index contributed by atoms with van der Waals surface area (Å²) in [4.78, 5) is 19.3. The molecule has 1 aromatic heterocycles. The fraction of sp³-hybridized carbons (Fsp3) is 0.360. The van der Waals surface area contributed by atoms with Crippen molar-refractivity contribution in [3.63, 3.8) is 0 Å². The number of hydrogen-bond donors (Lipinski definition) is 1. The van der Waals surface area contributed by atoms with Gasteiger partial charge < -0.3 is 19.7 Å². The van der Waals surface area contributed by atoms with E-state index in [0.717, 1.165) is 52.3 Å². The van der Waals surface area contributed by atoms with Crippen molar-refractivity contribution in [1.29, 1.82) is 0 Å². The van der Waals surface area contributed by atoms with E-state index < -0.39 is 10.8 Å². The van der Waals surface area contributed by atoms with E-state index in [2.05, 4.69) is 16.3 Å². The summed E-state index contributed by atoms with van der Waals surface area (Å²) in [5.41, 5.74) is 3.72. The lowest BCUT2D eigenvalue weighted by Gasteiger charge is -2.22. The van der Waals surface area contributed by atoms with Gasteiger partial charge in [0, 0.05) is 59.9 Å². The quantitative estimate of drug-likeness (QED) is 0.548. The minimum Gasteiger partial charge on any atom is -0.497 e. The summed E-state index contributed by atoms with van der Waals surface area (Å²) in [5.74, 6) is 2.06. The topological polar surface area (TPSA) is 80.8 Å². The molecule has 1 unspecified atom stereocenters. The van der Waals surface area contributed by atoms with E-state index in [-0.39, 0.29) is 11.8 Å². The van der Waals surface area contributed by atoms with Crippen LogP contribution in [0.4, 0.5) is 5.69 Å². The number of hydrogen-bond acceptors (Lipinski definition) is 6. The van der Waals surface area contributed by atoms with Crippen molar-refractivity contribution < 1.29 is 18.5 Å². The number of nitrogens with zero attached hydrogens (tertiary/aromatic N) is 2. The molecule has 1 fully saturated rings. The molecule has 0 bridgehead atoms. The van der Waals surface area contributed by atoms with Crippen LogP contribution in [0.25, 0.3) is 22.2 Å². The van der Waals surface area contributed by atoms with Gasteiger partial charge in [-0.1, -0.05) is 0 Å². The molecule has 1 aliphatic heterocycles. The molecule has 1 aliphatic rings. The van der Waals surface area contributed by atoms with Gasteiger partial charge in [0.25, 0.3) is 0 Å². The van der Waals surface area contributed by atoms with Crippen molar-refractivity contribution in [3.05, 3.63) is 48.5 Å². The average Bonchev–Trinajstić information content (AvgIpc) is 3.33. The third-order valence-corrected chi connectivity index (χ3v) is 6.67. The van der Waals surface area contributed by atoms with E-state index in [1.807, 2.05) is 42.5 Å². The van der Waals surface area contributed by atoms with Crippen molar-refractivity contribution in [1.82, 2.24) is 10.3 Å². The monoisotopic (exact) mass is 467 g/mol. The van der Waals surface area contributed by atoms with Crippen LogP contribution in [-0.4, -0.2) is 61.0 Å². The van der Waals surface area contributed by atoms with E-state index in [4.69, 9.17) is 14.5 Å². The first-order valence-corrected chi connectivity index (χ1v) is 12.7. The molecule has 33 heavy (non-hydrogen) atoms. The van der Waals surface area contributed by atoms with Crippen molar-refractivity contribution in [3.8, 4) is 22.8 Å². The zero-order chi connectivity index (χ0) is 23.4. The average molecular weight is 468 g/mol. The summed E-state index contributed by atoms with van der Waals surface area (Å²) >= 11 is 0. The van der Waals surface area contributed by atoms with Crippen molar-refractivity contribution >= 4 is 33.3 Å². The zero-order valence-electron chi connectivity index (χ0n) is 19.2. The number of aromatic nitrogens is 1. The normalized spacial score (nSPS) is 16.6. The Kier molecular flexibility index (Phi) is 7.13. The number of amides is 1. The third-order valence-electron chi connectivity index (χ3n) is 5.93. The Hall–Kier alpha value is -3.13. The van der Waals surface area contributed by atoms with Gasteiger partial charge in [0.05, 0.1) is 36.6 Å². The second-order valence-electron chi connectivity index (χ2n) is 8.11. The molecule has 2 atom stereocenters. The molecule has 0 spiro atoms. The highest BCUT2D eigenvalue weighted by molar-refractivity contribution is 7.84. The Labute approximate surface area is 196 Å². The molecule has 1 saturated heterocycles. The van der Waals surface area contributed by atoms with E-state index >= 15 is 0 Å². The first-order valence-electron chi connectivity index (χ1n) is 11.0. The van der Waals surface area contributed by atoms with Gasteiger partial charge in [-0.25, -0.2) is 4.98 Å². The maximum atomic E-state index is 12.2. The SMILES string of the molecule is CNC(=O)[C@H]1CCN(c2cc(-c3ccc(OCCS(C)=O)cc3)nc3cc(OC)ccc23)C1. The molecule has 2 heterocycles. The Balaban J connectivity index is 1.67. The van der Waals surface area contributed by atoms with Crippen molar-refractivity contribution in [2.75, 3.05) is 50.8 Å². The highest BCUT2D eigenvalue weighted by Crippen LogP contribution is 2.35. The van der Waals surface area contributed by atoms with Crippen LogP contribution < -0.4 is 19.7 Å². The first-order chi connectivity index (χ1) is 16.0. The lowest BCUT2D eigenvalue weighted by atomic mass is 10.1. The second kappa shape index (κ2) is 10.2. The Bertz CT molecular complexity index is 1170. The largest absolute Gasteiger partial charge is 0.497 e. The minimum atomic E-state index is -0.875. The second-order valence-corrected chi connectivity index (χ2v) is 9.66. The standard InChI is InChI=1S/C25H29N3O4S/c1-26-25(29)18-10-11-28(16-18)24-15-22(27-23-14-20(31-2)8-9-21(23)24)17-4-6-19(7-5-17)32-12-13-33(3)30/h4-9,14-15,18H,10-13,16H2,1-3H3,(H,26,29)/t18-,33?/m0/s1. The smallest absolute Gasteiger partial charge is 0.224 e. The van der Waals surface area contributed by atoms with Gasteiger partial charge in [-0.15, -0.1) is 0 Å². The molecular weight excluding hydrogens is 438 g/mol. The summed E-state index contributed by atoms with van der Waals surface area (Å²) in [6.07, 6.45) is 2.49. The number of nitrogens with one attached hydrogen (secondary N) is 1. The fourth-order valence-corrected chi connectivity index (χ4v) is 4.44. The molecule has 0 radical (unpaired) electrons. The lowest BCUT2D eigenvalue weighted by molar-refractivity contribution is -0.123. The molecule has 2 aromatic carbocycles. The van der Waals surface area contributed by atoms with Crippen LogP contribution in [0.5, 0.6) is 11.5 Å². The molecule has 1 amide bonds. The van der Waals surface area contributed by atoms with Crippen LogP contribution in [0.1, 0.15) is 6.42 Å². The summed E-state index contributed by atoms with van der Waals surface area (Å²) in [5, 5.41) is 3.80. The Morgan fingerprint density at radius 2 is 1.94 bits per heavy atom. The summed E-state index contributed by atoms with van der Waals surface area (Å²) in [6, 6.07) is 15.8. The van der Waals surface area contributed by atoms with Crippen LogP contribution in [0.2, 0.25) is 0 Å². The molecule has 1 N–H and O–H groups in total. The van der Waals surface area contributed by atoms with Gasteiger partial charge in [0.1, 0.15) is 11.5 Å². The predicted molar refractivity (Wildman–Crippen MR) is 133 cm³/mol. The van der Waals surface area contributed by atoms with Gasteiger partial charge >= 0.3 is 0 Å². The van der Waals surface area contributed by atoms with E-state index in [1.165, 1.54) is 0 Å². The molecule has 0 aliphatic carbocycles. The molecule has 3 aromatic rings. The van der Waals surface area contributed by atoms with Crippen LogP contribution in [0.15, 0.2) is 48.5 Å². The lowest BCUT2D eigenvalue weighted by Crippen LogP contribution is -2.30. The number of carbonyl (C=O) groups excluding carboxylic acids is 1. The predicted octanol–water partition coefficient (Wildman–Crippen LogP) is 3.24. The molecular formula is C25H29N3O4S. The maximum absolute atomic E-state index is 12.2. The maximum Gasteiger partial charge on any atom is 0.224 e. The number of rotatable bonds is 8. The summed E-state index contributed by atoms with van der Waals surface area (Å²) < 4.78 is 22.3. The number of carbonyl (C=O) groups is 1. The number of anilines is 1. The third kappa shape index (κ3) is 5.27. The summed E-state index contributed by atoms with van der Waals surface area (Å²) in [6.45, 7) is 1.91. The van der Waals surface area contributed by atoms with E-state index in [9.17, 15) is 9.00 Å². The van der Waals surface area contributed by atoms with Gasteiger partial charge in [-0.05, 0) is 48.9 Å². The number of ether oxygens (including phenoxy) is 2. The number of methoxy groups -OCH3 is 1. The van der Waals surface area contributed by atoms with E-state index in [1.54, 1.807) is 20.4 Å². The highest BCUT2D eigenvalue weighted by Gasteiger charge is 2.29. The molecule has 174 valence electrons. The van der Waals surface area contributed by atoms with Gasteiger partial charge in [0.2, 0.25) is 5.91 Å². The van der Waals surface area contributed by atoms with Crippen molar-refractivity contribution in [2.24, 2.45) is 5.92 Å². The van der Waals surface area contributed by atoms with Gasteiger partial charge in [0.15, 0.2) is 0 Å². The van der Waals surface area contributed by atoms with E-state index in [0.29, 0.717) is 18.9 Å². The Morgan fingerprint density at radius 1 is 1.18 bits per heavy atom. The minimum absolute atomic E-state index is 0.0196. The first kappa shape index (κ1) is 23.0. The molecule has 7 nitrogen and oxygen atoms in total. The van der Waals surface area contributed by atoms with Crippen LogP contribution >= 0.6 is 0 Å². The number of pyridine rings is 1. The Morgan fingerprint density at radius 3 is 2.64 bits per heavy atom. The highest BCUT2D eigenvalue weighted by atomic mass is 32.2. The number of benzene rings is 2. The fourth-order valence-electron chi connectivity index (χ4n) is 4.12. The molecule has 0 saturated carbocycles. The van der Waals surface area contributed by atoms with Crippen LogP contribution in [-0.2, 0) is 15.6 Å². The molecule has 4 rings (SSSR count). The van der Waals surface area contributed by atoms with Gasteiger partial charge in [-0.2, -0.15) is 0 Å². The molecule has 8 heteroatoms. The summed E-state index contributed by atoms with van der Waals surface area (Å²) in [7, 11) is 2.46. The number of fused-ring (bicyclic) bond motifs is 1. The van der Waals surface area contributed by atoms with Gasteiger partial charge in [-0.3, -0.25) is 9.00 Å². The van der Waals surface area contributed by atoms with Crippen LogP contribution in [0, 0.1) is 5.92 Å².